The highest BCUT2D eigenvalue weighted by atomic mass is 31.2. The fourth-order valence-corrected chi connectivity index (χ4v) is 13.5. The van der Waals surface area contributed by atoms with Gasteiger partial charge in [0.1, 0.15) is 19.3 Å². The summed E-state index contributed by atoms with van der Waals surface area (Å²) in [5.74, 6) is -2.11. The van der Waals surface area contributed by atoms with Crippen LogP contribution >= 0.6 is 15.6 Å². The van der Waals surface area contributed by atoms with Gasteiger partial charge >= 0.3 is 39.5 Å². The molecule has 17 nitrogen and oxygen atoms in total. The zero-order chi connectivity index (χ0) is 70.4. The average molecular weight is 1410 g/mol. The molecule has 0 bridgehead atoms. The van der Waals surface area contributed by atoms with E-state index in [1.54, 1.807) is 0 Å². The zero-order valence-electron chi connectivity index (χ0n) is 62.4. The maximum Gasteiger partial charge on any atom is 0.472 e. The van der Waals surface area contributed by atoms with Gasteiger partial charge in [-0.3, -0.25) is 37.3 Å². The number of rotatable bonds is 78. The summed E-state index contributed by atoms with van der Waals surface area (Å²) in [5, 5.41) is 10.6. The van der Waals surface area contributed by atoms with Crippen molar-refractivity contribution in [2.24, 2.45) is 0 Å². The van der Waals surface area contributed by atoms with Gasteiger partial charge in [0.25, 0.3) is 0 Å². The first-order chi connectivity index (χ1) is 46.7. The molecule has 0 fully saturated rings. The Labute approximate surface area is 588 Å². The minimum Gasteiger partial charge on any atom is -0.462 e. The van der Waals surface area contributed by atoms with Crippen molar-refractivity contribution in [3.8, 4) is 0 Å². The van der Waals surface area contributed by atoms with Crippen LogP contribution < -0.4 is 0 Å². The Balaban J connectivity index is 5.17. The summed E-state index contributed by atoms with van der Waals surface area (Å²) in [6.45, 7) is 4.96. The van der Waals surface area contributed by atoms with Crippen molar-refractivity contribution in [1.82, 2.24) is 0 Å². The maximum atomic E-state index is 13.1. The van der Waals surface area contributed by atoms with Gasteiger partial charge in [0.05, 0.1) is 26.4 Å². The van der Waals surface area contributed by atoms with Crippen LogP contribution in [0.2, 0.25) is 0 Å². The van der Waals surface area contributed by atoms with E-state index in [4.69, 9.17) is 37.0 Å². The number of hydrogen-bond donors (Lipinski definition) is 3. The molecule has 0 heterocycles. The van der Waals surface area contributed by atoms with Crippen molar-refractivity contribution in [3.05, 3.63) is 0 Å². The third kappa shape index (κ3) is 70.5. The molecular formula is C77H150O17P2. The Hall–Kier alpha value is -1.94. The maximum absolute atomic E-state index is 13.1. The van der Waals surface area contributed by atoms with Crippen LogP contribution in [-0.2, 0) is 65.4 Å². The first-order valence-corrected chi connectivity index (χ1v) is 43.3. The van der Waals surface area contributed by atoms with Gasteiger partial charge in [-0.25, -0.2) is 9.13 Å². The van der Waals surface area contributed by atoms with Crippen LogP contribution in [0.5, 0.6) is 0 Å². The van der Waals surface area contributed by atoms with Gasteiger partial charge in [-0.1, -0.05) is 362 Å². The number of hydrogen-bond acceptors (Lipinski definition) is 15. The lowest BCUT2D eigenvalue weighted by molar-refractivity contribution is -0.161. The lowest BCUT2D eigenvalue weighted by Gasteiger charge is -2.21. The molecule has 96 heavy (non-hydrogen) atoms. The summed E-state index contributed by atoms with van der Waals surface area (Å²) >= 11 is 0. The summed E-state index contributed by atoms with van der Waals surface area (Å²) in [6.07, 6.45) is 62.5. The Kier molecular flexibility index (Phi) is 70.0. The highest BCUT2D eigenvalue weighted by Crippen LogP contribution is 2.45. The second-order valence-corrected chi connectivity index (χ2v) is 30.7. The van der Waals surface area contributed by atoms with Crippen molar-refractivity contribution in [3.63, 3.8) is 0 Å². The van der Waals surface area contributed by atoms with Crippen LogP contribution in [0.3, 0.4) is 0 Å². The molecule has 2 unspecified atom stereocenters. The van der Waals surface area contributed by atoms with Gasteiger partial charge in [-0.05, 0) is 25.7 Å². The number of phosphoric acid groups is 2. The Morgan fingerprint density at radius 1 is 0.250 bits per heavy atom. The second kappa shape index (κ2) is 71.5. The molecule has 0 aliphatic carbocycles. The molecule has 0 radical (unpaired) electrons. The summed E-state index contributed by atoms with van der Waals surface area (Å²) in [7, 11) is -9.90. The number of unbranched alkanes of at least 4 members (excludes halogenated alkanes) is 52. The first kappa shape index (κ1) is 94.1. The van der Waals surface area contributed by atoms with E-state index < -0.39 is 97.5 Å². The van der Waals surface area contributed by atoms with Crippen LogP contribution in [0.1, 0.15) is 413 Å². The summed E-state index contributed by atoms with van der Waals surface area (Å²) in [6, 6.07) is 0. The van der Waals surface area contributed by atoms with E-state index in [1.807, 2.05) is 0 Å². The van der Waals surface area contributed by atoms with E-state index >= 15 is 0 Å². The predicted molar refractivity (Wildman–Crippen MR) is 391 cm³/mol. The minimum absolute atomic E-state index is 0.108. The van der Waals surface area contributed by atoms with Crippen LogP contribution in [0.25, 0.3) is 0 Å². The summed E-state index contributed by atoms with van der Waals surface area (Å²) < 4.78 is 68.5. The van der Waals surface area contributed by atoms with Crippen molar-refractivity contribution >= 4 is 39.5 Å². The fourth-order valence-electron chi connectivity index (χ4n) is 11.9. The first-order valence-electron chi connectivity index (χ1n) is 40.3. The van der Waals surface area contributed by atoms with Crippen LogP contribution in [0.15, 0.2) is 0 Å². The molecule has 0 aliphatic rings. The standard InChI is InChI=1S/C77H150O17P2/c1-5-9-13-17-21-24-27-30-33-34-35-36-37-39-42-45-48-52-56-60-64-77(82)94-73(68-88-75(80)62-58-54-50-46-43-41-38-31-28-25-22-18-14-10-6-2)70-92-96(85,86)90-66-71(78)65-89-95(83,84)91-69-72(67-87-74(79)61-57-53-49-20-16-12-8-4)93-76(81)63-59-55-51-47-44-40-32-29-26-23-19-15-11-7-3/h71-73,78H,5-70H2,1-4H3,(H,83,84)(H,85,86)/t71-,72+,73+/m0/s1. The van der Waals surface area contributed by atoms with Crippen molar-refractivity contribution < 1.29 is 80.2 Å². The van der Waals surface area contributed by atoms with Crippen LogP contribution in [0.4, 0.5) is 0 Å². The normalized spacial score (nSPS) is 13.9. The monoisotopic (exact) mass is 1410 g/mol. The Bertz CT molecular complexity index is 1830. The summed E-state index contributed by atoms with van der Waals surface area (Å²) in [4.78, 5) is 72.7. The molecule has 19 heteroatoms. The second-order valence-electron chi connectivity index (χ2n) is 27.7. The van der Waals surface area contributed by atoms with Gasteiger partial charge in [-0.15, -0.1) is 0 Å². The SMILES string of the molecule is CCCCCCCCCCCCCCCCCCCCCCC(=O)O[C@H](COC(=O)CCCCCCCCCCCCCCCCC)COP(=O)(O)OC[C@@H](O)COP(=O)(O)OC[C@@H](COC(=O)CCCCCCCCC)OC(=O)CCCCCCCCCCCCCCCC. The molecule has 5 atom stereocenters. The zero-order valence-corrected chi connectivity index (χ0v) is 64.1. The number of esters is 4. The lowest BCUT2D eigenvalue weighted by atomic mass is 10.0. The fraction of sp³-hybridized carbons (Fsp3) is 0.948. The van der Waals surface area contributed by atoms with E-state index in [-0.39, 0.29) is 25.7 Å². The third-order valence-corrected chi connectivity index (χ3v) is 20.0. The molecule has 0 aliphatic heterocycles. The van der Waals surface area contributed by atoms with Crippen LogP contribution in [-0.4, -0.2) is 96.7 Å². The average Bonchev–Trinajstić information content (AvgIpc) is 1.32. The molecule has 0 spiro atoms. The predicted octanol–water partition coefficient (Wildman–Crippen LogP) is 23.0. The van der Waals surface area contributed by atoms with Crippen LogP contribution in [0, 0.1) is 0 Å². The van der Waals surface area contributed by atoms with E-state index in [1.165, 1.54) is 231 Å². The summed E-state index contributed by atoms with van der Waals surface area (Å²) in [5.41, 5.74) is 0. The highest BCUT2D eigenvalue weighted by molar-refractivity contribution is 7.47. The quantitative estimate of drug-likeness (QED) is 0.0222. The number of ether oxygens (including phenoxy) is 4. The Morgan fingerprint density at radius 2 is 0.417 bits per heavy atom. The molecule has 0 aromatic rings. The molecule has 0 aromatic heterocycles. The van der Waals surface area contributed by atoms with Crippen molar-refractivity contribution in [1.29, 1.82) is 0 Å². The van der Waals surface area contributed by atoms with E-state index in [9.17, 15) is 43.2 Å². The smallest absolute Gasteiger partial charge is 0.462 e. The van der Waals surface area contributed by atoms with Crippen molar-refractivity contribution in [2.45, 2.75) is 431 Å². The van der Waals surface area contributed by atoms with E-state index in [2.05, 4.69) is 27.7 Å². The molecule has 0 aromatic carbocycles. The minimum atomic E-state index is -4.96. The van der Waals surface area contributed by atoms with Gasteiger partial charge in [0.15, 0.2) is 12.2 Å². The van der Waals surface area contributed by atoms with Gasteiger partial charge in [0.2, 0.25) is 0 Å². The largest absolute Gasteiger partial charge is 0.472 e. The van der Waals surface area contributed by atoms with E-state index in [0.717, 1.165) is 103 Å². The Morgan fingerprint density at radius 3 is 0.615 bits per heavy atom. The van der Waals surface area contributed by atoms with Gasteiger partial charge in [-0.2, -0.15) is 0 Å². The van der Waals surface area contributed by atoms with E-state index in [0.29, 0.717) is 25.7 Å². The molecule has 0 saturated carbocycles. The molecule has 570 valence electrons. The highest BCUT2D eigenvalue weighted by Gasteiger charge is 2.30. The molecule has 0 amide bonds. The number of phosphoric ester groups is 2. The number of aliphatic hydroxyl groups excluding tert-OH is 1. The third-order valence-electron chi connectivity index (χ3n) is 18.1. The van der Waals surface area contributed by atoms with Gasteiger partial charge < -0.3 is 33.8 Å². The number of aliphatic hydroxyl groups is 1. The number of carbonyl (C=O) groups is 4. The molecule has 0 rings (SSSR count). The molecule has 0 saturated heterocycles. The lowest BCUT2D eigenvalue weighted by Crippen LogP contribution is -2.30. The number of carbonyl (C=O) groups excluding carboxylic acids is 4. The van der Waals surface area contributed by atoms with Crippen molar-refractivity contribution in [2.75, 3.05) is 39.6 Å². The van der Waals surface area contributed by atoms with Gasteiger partial charge in [0, 0.05) is 25.7 Å². The molecule has 3 N–H and O–H groups in total. The topological polar surface area (TPSA) is 237 Å². The molecular weight excluding hydrogens is 1260 g/mol.